The quantitative estimate of drug-likeness (QED) is 0.555. The van der Waals surface area contributed by atoms with Crippen molar-refractivity contribution >= 4 is 30.0 Å². The van der Waals surface area contributed by atoms with Crippen LogP contribution in [0.5, 0.6) is 0 Å². The summed E-state index contributed by atoms with van der Waals surface area (Å²) in [5, 5.41) is 2.24. The molecule has 0 aromatic carbocycles. The molecule has 21 heavy (non-hydrogen) atoms. The highest BCUT2D eigenvalue weighted by atomic mass is 16.2. The van der Waals surface area contributed by atoms with Crippen molar-refractivity contribution in [1.29, 1.82) is 0 Å². The summed E-state index contributed by atoms with van der Waals surface area (Å²) in [5.74, 6) is -2.32. The van der Waals surface area contributed by atoms with Crippen LogP contribution in [-0.2, 0) is 19.2 Å². The Hall–Kier alpha value is -2.45. The fourth-order valence-corrected chi connectivity index (χ4v) is 1.84. The zero-order valence-corrected chi connectivity index (χ0v) is 11.6. The van der Waals surface area contributed by atoms with Crippen LogP contribution in [0.3, 0.4) is 0 Å². The second-order valence-electron chi connectivity index (χ2n) is 4.47. The SMILES string of the molecule is CCN1CCN(C(=O)N[C@H]([C]=O)CCC(N)=O)C(=O)C1=O. The molecule has 1 aliphatic heterocycles. The van der Waals surface area contributed by atoms with Gasteiger partial charge < -0.3 is 16.0 Å². The van der Waals surface area contributed by atoms with Crippen molar-refractivity contribution in [3.05, 3.63) is 0 Å². The van der Waals surface area contributed by atoms with Gasteiger partial charge in [-0.15, -0.1) is 0 Å². The number of primary amides is 1. The van der Waals surface area contributed by atoms with E-state index in [-0.39, 0.29) is 25.9 Å². The van der Waals surface area contributed by atoms with Crippen LogP contribution < -0.4 is 11.1 Å². The van der Waals surface area contributed by atoms with E-state index in [0.29, 0.717) is 6.54 Å². The number of hydrogen-bond donors (Lipinski definition) is 2. The lowest BCUT2D eigenvalue weighted by Gasteiger charge is -2.32. The molecule has 1 saturated heterocycles. The van der Waals surface area contributed by atoms with E-state index in [1.54, 1.807) is 13.2 Å². The van der Waals surface area contributed by atoms with E-state index in [4.69, 9.17) is 5.73 Å². The molecule has 1 rings (SSSR count). The van der Waals surface area contributed by atoms with Crippen molar-refractivity contribution in [3.8, 4) is 0 Å². The lowest BCUT2D eigenvalue weighted by molar-refractivity contribution is -0.153. The first-order valence-electron chi connectivity index (χ1n) is 6.48. The highest BCUT2D eigenvalue weighted by molar-refractivity contribution is 6.38. The largest absolute Gasteiger partial charge is 0.370 e. The van der Waals surface area contributed by atoms with Gasteiger partial charge >= 0.3 is 17.8 Å². The molecule has 1 aliphatic rings. The van der Waals surface area contributed by atoms with Gasteiger partial charge in [-0.2, -0.15) is 0 Å². The summed E-state index contributed by atoms with van der Waals surface area (Å²) in [6.45, 7) is 2.39. The number of rotatable bonds is 6. The van der Waals surface area contributed by atoms with Gasteiger partial charge in [0.2, 0.25) is 12.2 Å². The Morgan fingerprint density at radius 1 is 1.33 bits per heavy atom. The van der Waals surface area contributed by atoms with E-state index in [9.17, 15) is 24.0 Å². The first-order chi connectivity index (χ1) is 9.90. The number of likely N-dealkylation sites (N-methyl/N-ethyl adjacent to an activating group) is 1. The van der Waals surface area contributed by atoms with Gasteiger partial charge in [0.15, 0.2) is 0 Å². The van der Waals surface area contributed by atoms with Crippen molar-refractivity contribution in [2.24, 2.45) is 5.73 Å². The molecule has 1 atom stereocenters. The molecule has 115 valence electrons. The van der Waals surface area contributed by atoms with E-state index in [1.165, 1.54) is 4.90 Å². The molecule has 1 fully saturated rings. The molecule has 0 spiro atoms. The van der Waals surface area contributed by atoms with Crippen molar-refractivity contribution in [2.45, 2.75) is 25.8 Å². The number of amides is 5. The third kappa shape index (κ3) is 4.26. The standard InChI is InChI=1S/C12H17N4O5/c1-2-15-5-6-16(11(20)10(15)19)12(21)14-8(7-17)3-4-9(13)18/h8H,2-6H2,1H3,(H2,13,18)(H,14,21)/t8-/m0/s1. The number of imide groups is 1. The minimum Gasteiger partial charge on any atom is -0.370 e. The van der Waals surface area contributed by atoms with Crippen LogP contribution in [0.1, 0.15) is 19.8 Å². The first-order valence-corrected chi connectivity index (χ1v) is 6.48. The molecule has 0 aliphatic carbocycles. The van der Waals surface area contributed by atoms with Gasteiger partial charge in [0.05, 0.1) is 6.04 Å². The molecule has 0 aromatic rings. The Balaban J connectivity index is 2.62. The van der Waals surface area contributed by atoms with Gasteiger partial charge in [0.1, 0.15) is 0 Å². The van der Waals surface area contributed by atoms with Gasteiger partial charge in [-0.3, -0.25) is 24.1 Å². The number of nitrogens with zero attached hydrogens (tertiary/aromatic N) is 2. The van der Waals surface area contributed by atoms with Crippen molar-refractivity contribution < 1.29 is 24.0 Å². The molecule has 0 unspecified atom stereocenters. The molecule has 5 amide bonds. The van der Waals surface area contributed by atoms with Crippen LogP contribution in [-0.4, -0.2) is 65.5 Å². The maximum absolute atomic E-state index is 11.9. The fraction of sp³-hybridized carbons (Fsp3) is 0.583. The zero-order valence-electron chi connectivity index (χ0n) is 11.6. The Morgan fingerprint density at radius 3 is 2.52 bits per heavy atom. The summed E-state index contributed by atoms with van der Waals surface area (Å²) in [4.78, 5) is 58.7. The van der Waals surface area contributed by atoms with Crippen LogP contribution in [0, 0.1) is 0 Å². The minimum absolute atomic E-state index is 0.0123. The van der Waals surface area contributed by atoms with Crippen LogP contribution in [0.15, 0.2) is 0 Å². The number of nitrogens with two attached hydrogens (primary N) is 1. The van der Waals surface area contributed by atoms with Gasteiger partial charge in [0.25, 0.3) is 0 Å². The molecule has 0 saturated carbocycles. The summed E-state index contributed by atoms with van der Waals surface area (Å²) in [6, 6.07) is -1.92. The van der Waals surface area contributed by atoms with Crippen LogP contribution in [0.25, 0.3) is 0 Å². The van der Waals surface area contributed by atoms with Crippen molar-refractivity contribution in [3.63, 3.8) is 0 Å². The number of urea groups is 1. The Kier molecular flexibility index (Phi) is 5.82. The minimum atomic E-state index is -1.06. The van der Waals surface area contributed by atoms with Crippen molar-refractivity contribution in [2.75, 3.05) is 19.6 Å². The molecule has 3 N–H and O–H groups in total. The maximum Gasteiger partial charge on any atom is 0.325 e. The molecule has 1 radical (unpaired) electrons. The van der Waals surface area contributed by atoms with Gasteiger partial charge in [-0.1, -0.05) is 0 Å². The monoisotopic (exact) mass is 297 g/mol. The second kappa shape index (κ2) is 7.36. The maximum atomic E-state index is 11.9. The molecular formula is C12H17N4O5. The highest BCUT2D eigenvalue weighted by Gasteiger charge is 2.35. The predicted octanol–water partition coefficient (Wildman–Crippen LogP) is -1.87. The number of nitrogens with one attached hydrogen (secondary N) is 1. The summed E-state index contributed by atoms with van der Waals surface area (Å²) in [5.41, 5.74) is 4.94. The smallest absolute Gasteiger partial charge is 0.325 e. The number of hydrogen-bond acceptors (Lipinski definition) is 5. The third-order valence-corrected chi connectivity index (χ3v) is 3.06. The number of carbonyl (C=O) groups is 4. The lowest BCUT2D eigenvalue weighted by Crippen LogP contribution is -2.59. The van der Waals surface area contributed by atoms with E-state index in [1.807, 2.05) is 0 Å². The number of carbonyl (C=O) groups excluding carboxylic acids is 5. The van der Waals surface area contributed by atoms with Gasteiger partial charge in [0, 0.05) is 26.1 Å². The molecule has 0 bridgehead atoms. The summed E-state index contributed by atoms with van der Waals surface area (Å²) < 4.78 is 0. The molecule has 1 heterocycles. The Bertz CT molecular complexity index is 465. The third-order valence-electron chi connectivity index (χ3n) is 3.06. The van der Waals surface area contributed by atoms with E-state index in [0.717, 1.165) is 4.90 Å². The average Bonchev–Trinajstić information content (AvgIpc) is 2.45. The second-order valence-corrected chi connectivity index (χ2v) is 4.47. The predicted molar refractivity (Wildman–Crippen MR) is 70.4 cm³/mol. The average molecular weight is 297 g/mol. The summed E-state index contributed by atoms with van der Waals surface area (Å²) in [7, 11) is 0. The van der Waals surface area contributed by atoms with Gasteiger partial charge in [-0.25, -0.2) is 4.79 Å². The lowest BCUT2D eigenvalue weighted by atomic mass is 10.1. The topological polar surface area (TPSA) is 130 Å². The van der Waals surface area contributed by atoms with Crippen LogP contribution >= 0.6 is 0 Å². The normalized spacial score (nSPS) is 16.6. The molecule has 0 aromatic heterocycles. The van der Waals surface area contributed by atoms with Crippen molar-refractivity contribution in [1.82, 2.24) is 15.1 Å². The Labute approximate surface area is 121 Å². The van der Waals surface area contributed by atoms with Crippen LogP contribution in [0.4, 0.5) is 4.79 Å². The van der Waals surface area contributed by atoms with E-state index in [2.05, 4.69) is 5.32 Å². The summed E-state index contributed by atoms with van der Waals surface area (Å²) >= 11 is 0. The molecular weight excluding hydrogens is 280 g/mol. The Morgan fingerprint density at radius 2 is 2.00 bits per heavy atom. The van der Waals surface area contributed by atoms with E-state index < -0.39 is 29.8 Å². The van der Waals surface area contributed by atoms with E-state index >= 15 is 0 Å². The highest BCUT2D eigenvalue weighted by Crippen LogP contribution is 2.06. The number of piperazine rings is 1. The summed E-state index contributed by atoms with van der Waals surface area (Å²) in [6.07, 6.45) is 1.44. The molecule has 9 nitrogen and oxygen atoms in total. The van der Waals surface area contributed by atoms with Gasteiger partial charge in [-0.05, 0) is 13.3 Å². The fourth-order valence-electron chi connectivity index (χ4n) is 1.84. The zero-order chi connectivity index (χ0) is 16.0. The molecule has 9 heteroatoms. The first kappa shape index (κ1) is 16.6. The van der Waals surface area contributed by atoms with Crippen LogP contribution in [0.2, 0.25) is 0 Å².